The first-order valence-corrected chi connectivity index (χ1v) is 6.80. The SMILES string of the molecule is O=C1OC(c2cccc(Cl)c2[N+](=O)[O-])=N/C1=C\c1cccnc1. The molecule has 23 heavy (non-hydrogen) atoms. The predicted molar refractivity (Wildman–Crippen MR) is 82.9 cm³/mol. The number of hydrogen-bond donors (Lipinski definition) is 0. The van der Waals surface area contributed by atoms with E-state index in [0.29, 0.717) is 5.56 Å². The van der Waals surface area contributed by atoms with Gasteiger partial charge in [-0.15, -0.1) is 0 Å². The third-order valence-corrected chi connectivity index (χ3v) is 3.31. The molecule has 0 saturated heterocycles. The van der Waals surface area contributed by atoms with Crippen LogP contribution in [0.15, 0.2) is 53.4 Å². The molecule has 0 amide bonds. The van der Waals surface area contributed by atoms with E-state index in [1.807, 2.05) is 0 Å². The number of nitro groups is 1. The summed E-state index contributed by atoms with van der Waals surface area (Å²) in [6.45, 7) is 0. The van der Waals surface area contributed by atoms with Gasteiger partial charge >= 0.3 is 5.97 Å². The third kappa shape index (κ3) is 2.95. The number of rotatable bonds is 3. The minimum Gasteiger partial charge on any atom is -0.402 e. The molecule has 0 atom stereocenters. The van der Waals surface area contributed by atoms with Gasteiger partial charge in [-0.2, -0.15) is 0 Å². The highest BCUT2D eigenvalue weighted by Crippen LogP contribution is 2.31. The van der Waals surface area contributed by atoms with Crippen LogP contribution in [0.25, 0.3) is 6.08 Å². The van der Waals surface area contributed by atoms with Gasteiger partial charge in [0.1, 0.15) is 10.6 Å². The molecule has 2 aromatic rings. The van der Waals surface area contributed by atoms with Crippen LogP contribution in [0.3, 0.4) is 0 Å². The Morgan fingerprint density at radius 1 is 1.26 bits per heavy atom. The maximum absolute atomic E-state index is 11.9. The van der Waals surface area contributed by atoms with E-state index >= 15 is 0 Å². The molecule has 3 rings (SSSR count). The minimum absolute atomic E-state index is 0.0299. The van der Waals surface area contributed by atoms with E-state index in [4.69, 9.17) is 16.3 Å². The molecular weight excluding hydrogens is 322 g/mol. The number of hydrogen-bond acceptors (Lipinski definition) is 6. The second-order valence-corrected chi connectivity index (χ2v) is 4.92. The second kappa shape index (κ2) is 5.98. The van der Waals surface area contributed by atoms with Crippen LogP contribution in [0.5, 0.6) is 0 Å². The average molecular weight is 330 g/mol. The lowest BCUT2D eigenvalue weighted by molar-refractivity contribution is -0.384. The number of pyridine rings is 1. The van der Waals surface area contributed by atoms with Crippen LogP contribution in [0.1, 0.15) is 11.1 Å². The fourth-order valence-electron chi connectivity index (χ4n) is 2.02. The van der Waals surface area contributed by atoms with E-state index in [9.17, 15) is 14.9 Å². The summed E-state index contributed by atoms with van der Waals surface area (Å²) in [7, 11) is 0. The predicted octanol–water partition coefficient (Wildman–Crippen LogP) is 2.99. The number of benzene rings is 1. The van der Waals surface area contributed by atoms with Gasteiger partial charge in [-0.05, 0) is 29.8 Å². The number of nitro benzene ring substituents is 1. The van der Waals surface area contributed by atoms with Gasteiger partial charge in [0.25, 0.3) is 5.69 Å². The van der Waals surface area contributed by atoms with Crippen LogP contribution in [-0.4, -0.2) is 21.8 Å². The van der Waals surface area contributed by atoms with Crippen LogP contribution < -0.4 is 0 Å². The molecule has 0 bridgehead atoms. The monoisotopic (exact) mass is 329 g/mol. The van der Waals surface area contributed by atoms with Crippen molar-refractivity contribution in [3.05, 3.63) is 74.7 Å². The quantitative estimate of drug-likeness (QED) is 0.373. The van der Waals surface area contributed by atoms with Gasteiger partial charge in [0.15, 0.2) is 5.70 Å². The van der Waals surface area contributed by atoms with Gasteiger partial charge in [0.2, 0.25) is 5.90 Å². The largest absolute Gasteiger partial charge is 0.402 e. The lowest BCUT2D eigenvalue weighted by Crippen LogP contribution is -2.08. The standard InChI is InChI=1S/C15H8ClN3O4/c16-11-5-1-4-10(13(11)19(21)22)14-18-12(15(20)23-14)7-9-3-2-6-17-8-9/h1-8H/b12-7-. The highest BCUT2D eigenvalue weighted by atomic mass is 35.5. The number of para-hydroxylation sites is 1. The molecule has 0 spiro atoms. The van der Waals surface area contributed by atoms with Crippen LogP contribution in [0.2, 0.25) is 5.02 Å². The van der Waals surface area contributed by atoms with Crippen molar-refractivity contribution in [2.24, 2.45) is 4.99 Å². The number of nitrogens with zero attached hydrogens (tertiary/aromatic N) is 3. The zero-order valence-corrected chi connectivity index (χ0v) is 12.2. The molecule has 1 aliphatic heterocycles. The van der Waals surface area contributed by atoms with Crippen molar-refractivity contribution in [3.63, 3.8) is 0 Å². The van der Waals surface area contributed by atoms with E-state index in [2.05, 4.69) is 9.98 Å². The molecule has 2 heterocycles. The van der Waals surface area contributed by atoms with Gasteiger partial charge in [0.05, 0.1) is 4.92 Å². The Morgan fingerprint density at radius 3 is 2.78 bits per heavy atom. The molecular formula is C15H8ClN3O4. The van der Waals surface area contributed by atoms with Crippen molar-refractivity contribution in [1.82, 2.24) is 4.98 Å². The van der Waals surface area contributed by atoms with Gasteiger partial charge in [-0.1, -0.05) is 23.7 Å². The Hall–Kier alpha value is -3.06. The van der Waals surface area contributed by atoms with Crippen molar-refractivity contribution < 1.29 is 14.5 Å². The van der Waals surface area contributed by atoms with Gasteiger partial charge in [-0.3, -0.25) is 15.1 Å². The molecule has 1 aromatic carbocycles. The fourth-order valence-corrected chi connectivity index (χ4v) is 2.26. The molecule has 1 aliphatic rings. The summed E-state index contributed by atoms with van der Waals surface area (Å²) in [4.78, 5) is 30.4. The smallest absolute Gasteiger partial charge is 0.363 e. The maximum atomic E-state index is 11.9. The van der Waals surface area contributed by atoms with E-state index in [0.717, 1.165) is 0 Å². The summed E-state index contributed by atoms with van der Waals surface area (Å²) in [5.74, 6) is -0.850. The molecule has 0 aliphatic carbocycles. The van der Waals surface area contributed by atoms with E-state index in [1.165, 1.54) is 24.3 Å². The number of halogens is 1. The minimum atomic E-state index is -0.696. The first kappa shape index (κ1) is 14.9. The number of aromatic nitrogens is 1. The lowest BCUT2D eigenvalue weighted by atomic mass is 10.2. The Morgan fingerprint density at radius 2 is 2.09 bits per heavy atom. The summed E-state index contributed by atoms with van der Waals surface area (Å²) >= 11 is 5.85. The van der Waals surface area contributed by atoms with Crippen molar-refractivity contribution in [2.45, 2.75) is 0 Å². The average Bonchev–Trinajstić information content (AvgIpc) is 2.88. The first-order valence-electron chi connectivity index (χ1n) is 6.42. The molecule has 0 saturated carbocycles. The van der Waals surface area contributed by atoms with Crippen molar-refractivity contribution in [3.8, 4) is 0 Å². The van der Waals surface area contributed by atoms with Crippen LogP contribution in [0, 0.1) is 10.1 Å². The number of aliphatic imine (C=N–C) groups is 1. The summed E-state index contributed by atoms with van der Waals surface area (Å²) in [5.41, 5.74) is 0.376. The fraction of sp³-hybridized carbons (Fsp3) is 0. The van der Waals surface area contributed by atoms with Crippen molar-refractivity contribution >= 4 is 35.2 Å². The van der Waals surface area contributed by atoms with E-state index in [-0.39, 0.29) is 27.9 Å². The molecule has 7 nitrogen and oxygen atoms in total. The van der Waals surface area contributed by atoms with Gasteiger partial charge in [0, 0.05) is 12.4 Å². The summed E-state index contributed by atoms with van der Waals surface area (Å²) < 4.78 is 5.04. The second-order valence-electron chi connectivity index (χ2n) is 4.52. The van der Waals surface area contributed by atoms with Gasteiger partial charge < -0.3 is 4.74 Å². The van der Waals surface area contributed by atoms with Gasteiger partial charge in [-0.25, -0.2) is 9.79 Å². The van der Waals surface area contributed by atoms with Crippen LogP contribution in [-0.2, 0) is 9.53 Å². The highest BCUT2D eigenvalue weighted by Gasteiger charge is 2.30. The first-order chi connectivity index (χ1) is 11.1. The topological polar surface area (TPSA) is 94.7 Å². The number of ether oxygens (including phenoxy) is 1. The van der Waals surface area contributed by atoms with E-state index in [1.54, 1.807) is 24.5 Å². The normalized spacial score (nSPS) is 15.4. The molecule has 114 valence electrons. The van der Waals surface area contributed by atoms with Crippen LogP contribution in [0.4, 0.5) is 5.69 Å². The molecule has 0 radical (unpaired) electrons. The highest BCUT2D eigenvalue weighted by molar-refractivity contribution is 6.33. The summed E-state index contributed by atoms with van der Waals surface area (Å²) in [5, 5.41) is 11.1. The number of carbonyl (C=O) groups is 1. The summed E-state index contributed by atoms with van der Waals surface area (Å²) in [6.07, 6.45) is 4.63. The van der Waals surface area contributed by atoms with Crippen LogP contribution >= 0.6 is 11.6 Å². The molecule has 1 aromatic heterocycles. The molecule has 0 N–H and O–H groups in total. The number of carbonyl (C=O) groups excluding carboxylic acids is 1. The molecule has 0 fully saturated rings. The number of esters is 1. The zero-order valence-electron chi connectivity index (χ0n) is 11.5. The van der Waals surface area contributed by atoms with Crippen molar-refractivity contribution in [1.29, 1.82) is 0 Å². The molecule has 8 heteroatoms. The zero-order chi connectivity index (χ0) is 16.4. The van der Waals surface area contributed by atoms with E-state index < -0.39 is 10.9 Å². The summed E-state index contributed by atoms with van der Waals surface area (Å²) in [6, 6.07) is 7.77. The Labute approximate surface area is 135 Å². The maximum Gasteiger partial charge on any atom is 0.363 e. The lowest BCUT2D eigenvalue weighted by Gasteiger charge is -2.02. The Bertz CT molecular complexity index is 862. The Kier molecular flexibility index (Phi) is 3.86. The molecule has 0 unspecified atom stereocenters. The Balaban J connectivity index is 2.05. The third-order valence-electron chi connectivity index (χ3n) is 3.01. The van der Waals surface area contributed by atoms with Crippen molar-refractivity contribution in [2.75, 3.05) is 0 Å². The number of cyclic esters (lactones) is 1.